The first-order valence-corrected chi connectivity index (χ1v) is 11.0. The van der Waals surface area contributed by atoms with Crippen molar-refractivity contribution in [1.82, 2.24) is 0 Å². The molecule has 0 amide bonds. The van der Waals surface area contributed by atoms with Crippen LogP contribution >= 0.6 is 0 Å². The van der Waals surface area contributed by atoms with E-state index in [1.807, 2.05) is 4.90 Å². The molecule has 0 aliphatic carbocycles. The van der Waals surface area contributed by atoms with Crippen LogP contribution in [0.25, 0.3) is 0 Å². The zero-order chi connectivity index (χ0) is 20.5. The number of piperazine rings is 1. The molecule has 1 heterocycles. The van der Waals surface area contributed by atoms with E-state index in [4.69, 9.17) is 0 Å². The Balaban J connectivity index is 1.80. The van der Waals surface area contributed by atoms with E-state index in [1.165, 1.54) is 22.9 Å². The van der Waals surface area contributed by atoms with Gasteiger partial charge < -0.3 is 14.9 Å². The summed E-state index contributed by atoms with van der Waals surface area (Å²) in [6.07, 6.45) is 1.04. The van der Waals surface area contributed by atoms with E-state index in [9.17, 15) is 18.3 Å². The number of carboxylic acid groups (broad SMARTS) is 1. The second kappa shape index (κ2) is 7.71. The van der Waals surface area contributed by atoms with Crippen molar-refractivity contribution < 1.29 is 18.3 Å². The molecule has 28 heavy (non-hydrogen) atoms. The van der Waals surface area contributed by atoms with E-state index >= 15 is 0 Å². The van der Waals surface area contributed by atoms with E-state index in [0.29, 0.717) is 18.8 Å². The monoisotopic (exact) mass is 403 g/mol. The molecule has 8 heteroatoms. The van der Waals surface area contributed by atoms with Crippen LogP contribution in [0, 0.1) is 13.8 Å². The van der Waals surface area contributed by atoms with Gasteiger partial charge in [0.15, 0.2) is 0 Å². The fourth-order valence-corrected chi connectivity index (χ4v) is 4.08. The van der Waals surface area contributed by atoms with Crippen LogP contribution in [0.15, 0.2) is 36.4 Å². The summed E-state index contributed by atoms with van der Waals surface area (Å²) in [4.78, 5) is 16.1. The number of anilines is 3. The van der Waals surface area contributed by atoms with Crippen molar-refractivity contribution in [2.45, 2.75) is 13.8 Å². The maximum Gasteiger partial charge on any atom is 0.337 e. The summed E-state index contributed by atoms with van der Waals surface area (Å²) in [5.41, 5.74) is 4.67. The van der Waals surface area contributed by atoms with Crippen molar-refractivity contribution in [1.29, 1.82) is 0 Å². The van der Waals surface area contributed by atoms with Crippen molar-refractivity contribution >= 4 is 33.1 Å². The molecule has 0 saturated carbocycles. The Kier molecular flexibility index (Phi) is 5.51. The maximum absolute atomic E-state index is 11.7. The lowest BCUT2D eigenvalue weighted by Crippen LogP contribution is -2.47. The average molecular weight is 404 g/mol. The molecule has 0 unspecified atom stereocenters. The molecule has 0 aromatic heterocycles. The Morgan fingerprint density at radius 1 is 1.00 bits per heavy atom. The normalized spacial score (nSPS) is 14.8. The van der Waals surface area contributed by atoms with E-state index in [1.54, 1.807) is 12.1 Å². The van der Waals surface area contributed by atoms with Crippen LogP contribution in [0.3, 0.4) is 0 Å². The van der Waals surface area contributed by atoms with Gasteiger partial charge in [0.2, 0.25) is 10.0 Å². The highest BCUT2D eigenvalue weighted by Gasteiger charge is 2.23. The number of aromatic carboxylic acids is 1. The summed E-state index contributed by atoms with van der Waals surface area (Å²) < 4.78 is 25.2. The van der Waals surface area contributed by atoms with Crippen LogP contribution in [-0.4, -0.2) is 51.9 Å². The van der Waals surface area contributed by atoms with Crippen molar-refractivity contribution in [3.05, 3.63) is 53.1 Å². The second-order valence-corrected chi connectivity index (χ2v) is 8.85. The molecule has 1 fully saturated rings. The zero-order valence-corrected chi connectivity index (χ0v) is 17.1. The van der Waals surface area contributed by atoms with Crippen molar-refractivity contribution in [3.63, 3.8) is 0 Å². The average Bonchev–Trinajstić information content (AvgIpc) is 2.63. The third-order valence-corrected chi connectivity index (χ3v) is 5.67. The number of nitrogens with one attached hydrogen (secondary N) is 1. The van der Waals surface area contributed by atoms with Crippen LogP contribution in [0.5, 0.6) is 0 Å². The van der Waals surface area contributed by atoms with Gasteiger partial charge >= 0.3 is 5.97 Å². The van der Waals surface area contributed by atoms with Gasteiger partial charge in [-0.1, -0.05) is 12.1 Å². The number of benzene rings is 2. The smallest absolute Gasteiger partial charge is 0.337 e. The van der Waals surface area contributed by atoms with Crippen molar-refractivity contribution in [2.24, 2.45) is 0 Å². The highest BCUT2D eigenvalue weighted by atomic mass is 32.2. The predicted octanol–water partition coefficient (Wildman–Crippen LogP) is 2.70. The third kappa shape index (κ3) is 4.39. The van der Waals surface area contributed by atoms with Gasteiger partial charge in [-0.05, 0) is 49.2 Å². The highest BCUT2D eigenvalue weighted by molar-refractivity contribution is 7.92. The molecule has 2 aromatic rings. The summed E-state index contributed by atoms with van der Waals surface area (Å²) in [7, 11) is -3.47. The lowest BCUT2D eigenvalue weighted by Gasteiger charge is -2.38. The van der Waals surface area contributed by atoms with Gasteiger partial charge in [-0.15, -0.1) is 0 Å². The van der Waals surface area contributed by atoms with Gasteiger partial charge in [0.1, 0.15) is 0 Å². The Morgan fingerprint density at radius 2 is 1.61 bits per heavy atom. The SMILES string of the molecule is Cc1cccc(N2CCN(c3ccc(NS(C)(=O)=O)cc3C(=O)O)CC2)c1C. The van der Waals surface area contributed by atoms with E-state index in [2.05, 4.69) is 41.7 Å². The Morgan fingerprint density at radius 3 is 2.18 bits per heavy atom. The first-order valence-electron chi connectivity index (χ1n) is 9.07. The molecule has 150 valence electrons. The molecule has 2 N–H and O–H groups in total. The molecule has 0 atom stereocenters. The number of rotatable bonds is 5. The van der Waals surface area contributed by atoms with Gasteiger partial charge in [-0.25, -0.2) is 13.2 Å². The van der Waals surface area contributed by atoms with Crippen molar-refractivity contribution in [3.8, 4) is 0 Å². The van der Waals surface area contributed by atoms with E-state index in [0.717, 1.165) is 19.3 Å². The lowest BCUT2D eigenvalue weighted by atomic mass is 10.1. The molecule has 2 aromatic carbocycles. The molecule has 3 rings (SSSR count). The topological polar surface area (TPSA) is 90.0 Å². The van der Waals surface area contributed by atoms with Crippen LogP contribution in [0.4, 0.5) is 17.1 Å². The van der Waals surface area contributed by atoms with E-state index in [-0.39, 0.29) is 11.3 Å². The number of hydrogen-bond acceptors (Lipinski definition) is 5. The van der Waals surface area contributed by atoms with E-state index < -0.39 is 16.0 Å². The molecular weight excluding hydrogens is 378 g/mol. The first kappa shape index (κ1) is 20.0. The van der Waals surface area contributed by atoms with Gasteiger partial charge in [0.25, 0.3) is 0 Å². The summed E-state index contributed by atoms with van der Waals surface area (Å²) in [6.45, 7) is 7.16. The predicted molar refractivity (Wildman–Crippen MR) is 112 cm³/mol. The van der Waals surface area contributed by atoms with Crippen LogP contribution in [-0.2, 0) is 10.0 Å². The first-order chi connectivity index (χ1) is 13.2. The highest BCUT2D eigenvalue weighted by Crippen LogP contribution is 2.28. The minimum atomic E-state index is -3.47. The molecule has 0 radical (unpaired) electrons. The number of nitrogens with zero attached hydrogens (tertiary/aromatic N) is 2. The molecule has 0 bridgehead atoms. The molecule has 7 nitrogen and oxygen atoms in total. The van der Waals surface area contributed by atoms with Gasteiger partial charge in [0, 0.05) is 37.6 Å². The summed E-state index contributed by atoms with van der Waals surface area (Å²) in [6, 6.07) is 10.9. The zero-order valence-electron chi connectivity index (χ0n) is 16.3. The largest absolute Gasteiger partial charge is 0.478 e. The molecule has 1 saturated heterocycles. The van der Waals surface area contributed by atoms with Gasteiger partial charge in [-0.2, -0.15) is 0 Å². The Labute approximate surface area is 165 Å². The van der Waals surface area contributed by atoms with Crippen LogP contribution in [0.1, 0.15) is 21.5 Å². The van der Waals surface area contributed by atoms with Crippen molar-refractivity contribution in [2.75, 3.05) is 47.0 Å². The quantitative estimate of drug-likeness (QED) is 0.798. The van der Waals surface area contributed by atoms with Crippen LogP contribution in [0.2, 0.25) is 0 Å². The number of carboxylic acids is 1. The Hall–Kier alpha value is -2.74. The lowest BCUT2D eigenvalue weighted by molar-refractivity contribution is 0.0697. The number of sulfonamides is 1. The second-order valence-electron chi connectivity index (χ2n) is 7.10. The molecule has 1 aliphatic rings. The summed E-state index contributed by atoms with van der Waals surface area (Å²) in [5, 5.41) is 9.60. The number of carbonyl (C=O) groups is 1. The minimum Gasteiger partial charge on any atom is -0.478 e. The Bertz CT molecular complexity index is 997. The minimum absolute atomic E-state index is 0.0915. The fourth-order valence-electron chi connectivity index (χ4n) is 3.53. The summed E-state index contributed by atoms with van der Waals surface area (Å²) >= 11 is 0. The maximum atomic E-state index is 11.7. The van der Waals surface area contributed by atoms with Crippen LogP contribution < -0.4 is 14.5 Å². The molecular formula is C20H25N3O4S. The fraction of sp³-hybridized carbons (Fsp3) is 0.350. The third-order valence-electron chi connectivity index (χ3n) is 5.07. The number of aryl methyl sites for hydroxylation is 1. The molecule has 0 spiro atoms. The van der Waals surface area contributed by atoms with Gasteiger partial charge in [-0.3, -0.25) is 4.72 Å². The van der Waals surface area contributed by atoms with Gasteiger partial charge in [0.05, 0.1) is 17.5 Å². The standard InChI is InChI=1S/C20H25N3O4S/c1-14-5-4-6-18(15(14)2)22-9-11-23(12-10-22)19-8-7-16(21-28(3,26)27)13-17(19)20(24)25/h4-8,13,21H,9-12H2,1-3H3,(H,24,25). The number of hydrogen-bond donors (Lipinski definition) is 2. The molecule has 1 aliphatic heterocycles. The summed E-state index contributed by atoms with van der Waals surface area (Å²) in [5.74, 6) is -1.08.